The van der Waals surface area contributed by atoms with E-state index in [4.69, 9.17) is 4.74 Å². The van der Waals surface area contributed by atoms with Gasteiger partial charge in [-0.05, 0) is 49.7 Å². The summed E-state index contributed by atoms with van der Waals surface area (Å²) in [4.78, 5) is 19.6. The van der Waals surface area contributed by atoms with Gasteiger partial charge in [0.25, 0.3) is 0 Å². The molecule has 3 heterocycles. The lowest BCUT2D eigenvalue weighted by Crippen LogP contribution is -2.47. The first-order chi connectivity index (χ1) is 15.2. The molecule has 1 aromatic rings. The Hall–Kier alpha value is -1.67. The van der Waals surface area contributed by atoms with Gasteiger partial charge in [-0.25, -0.2) is 0 Å². The topological polar surface area (TPSA) is 54.5 Å². The molecule has 32 heavy (non-hydrogen) atoms. The molecule has 1 saturated heterocycles. The maximum absolute atomic E-state index is 13.7. The van der Waals surface area contributed by atoms with Crippen LogP contribution in [0.3, 0.4) is 0 Å². The van der Waals surface area contributed by atoms with Crippen molar-refractivity contribution in [3.8, 4) is 0 Å². The van der Waals surface area contributed by atoms with Crippen LogP contribution in [0.4, 0.5) is 13.2 Å². The van der Waals surface area contributed by atoms with E-state index in [0.29, 0.717) is 23.7 Å². The standard InChI is InChI=1S/C24H32F3N3O2/c1-14-20-10-19-15(9-16(12-28-19)24(25,26)27)13-30(20)22(31)23(14)8-7-17(11-23)29-18-5-3-4-6-21(18)32-2/h9,12,14,17-18,20-21,29H,3-8,10-11,13H2,1-2H3/t14?,17?,18?,20?,21?,23-/m0/s1. The van der Waals surface area contributed by atoms with Crippen LogP contribution >= 0.6 is 0 Å². The lowest BCUT2D eigenvalue weighted by Gasteiger charge is -2.34. The number of nitrogens with zero attached hydrogens (tertiary/aromatic N) is 2. The smallest absolute Gasteiger partial charge is 0.380 e. The fourth-order valence-electron chi connectivity index (χ4n) is 6.84. The minimum Gasteiger partial charge on any atom is -0.380 e. The SMILES string of the molecule is COC1CCCCC1NC1CC[C@@]2(C1)C(=O)N1Cc3cc(C(F)(F)F)cnc3CC1C2C. The Morgan fingerprint density at radius 1 is 1.25 bits per heavy atom. The lowest BCUT2D eigenvalue weighted by atomic mass is 9.73. The molecule has 0 radical (unpaired) electrons. The number of hydrogen-bond donors (Lipinski definition) is 1. The number of carbonyl (C=O) groups excluding carboxylic acids is 1. The number of pyridine rings is 1. The van der Waals surface area contributed by atoms with Crippen LogP contribution in [0.1, 0.15) is 68.7 Å². The van der Waals surface area contributed by atoms with Crippen molar-refractivity contribution < 1.29 is 22.7 Å². The van der Waals surface area contributed by atoms with Crippen molar-refractivity contribution in [2.75, 3.05) is 7.11 Å². The Balaban J connectivity index is 1.33. The monoisotopic (exact) mass is 451 g/mol. The number of aromatic nitrogens is 1. The van der Waals surface area contributed by atoms with E-state index in [1.54, 1.807) is 7.11 Å². The van der Waals surface area contributed by atoms with Gasteiger partial charge in [0.2, 0.25) is 5.91 Å². The molecule has 6 atom stereocenters. The van der Waals surface area contributed by atoms with E-state index in [-0.39, 0.29) is 36.6 Å². The minimum atomic E-state index is -4.42. The molecule has 5 unspecified atom stereocenters. The van der Waals surface area contributed by atoms with Gasteiger partial charge in [-0.1, -0.05) is 19.8 Å². The van der Waals surface area contributed by atoms with E-state index < -0.39 is 17.2 Å². The molecule has 3 fully saturated rings. The molecular formula is C24H32F3N3O2. The number of ether oxygens (including phenoxy) is 1. The van der Waals surface area contributed by atoms with Crippen LogP contribution in [0.2, 0.25) is 0 Å². The Bertz CT molecular complexity index is 892. The predicted molar refractivity (Wildman–Crippen MR) is 113 cm³/mol. The van der Waals surface area contributed by atoms with Crippen LogP contribution in [0.25, 0.3) is 0 Å². The summed E-state index contributed by atoms with van der Waals surface area (Å²) in [6.07, 6.45) is 4.42. The van der Waals surface area contributed by atoms with Crippen LogP contribution in [-0.4, -0.2) is 47.1 Å². The van der Waals surface area contributed by atoms with E-state index >= 15 is 0 Å². The van der Waals surface area contributed by atoms with Crippen LogP contribution in [0.5, 0.6) is 0 Å². The van der Waals surface area contributed by atoms with Crippen molar-refractivity contribution in [2.24, 2.45) is 11.3 Å². The first kappa shape index (κ1) is 22.1. The normalized spacial score (nSPS) is 37.1. The van der Waals surface area contributed by atoms with E-state index in [1.807, 2.05) is 4.90 Å². The van der Waals surface area contributed by atoms with Crippen molar-refractivity contribution in [2.45, 2.75) is 95.2 Å². The maximum Gasteiger partial charge on any atom is 0.417 e. The Kier molecular flexibility index (Phi) is 5.52. The van der Waals surface area contributed by atoms with Crippen molar-refractivity contribution in [1.29, 1.82) is 0 Å². The Morgan fingerprint density at radius 3 is 2.78 bits per heavy atom. The number of methoxy groups -OCH3 is 1. The molecule has 0 aromatic carbocycles. The Morgan fingerprint density at radius 2 is 2.03 bits per heavy atom. The maximum atomic E-state index is 13.7. The minimum absolute atomic E-state index is 0.0133. The zero-order valence-electron chi connectivity index (χ0n) is 18.8. The largest absolute Gasteiger partial charge is 0.417 e. The molecule has 1 aromatic heterocycles. The zero-order chi connectivity index (χ0) is 22.7. The van der Waals surface area contributed by atoms with Gasteiger partial charge in [-0.3, -0.25) is 9.78 Å². The molecule has 2 saturated carbocycles. The highest BCUT2D eigenvalue weighted by atomic mass is 19.4. The van der Waals surface area contributed by atoms with Gasteiger partial charge in [-0.2, -0.15) is 13.2 Å². The summed E-state index contributed by atoms with van der Waals surface area (Å²) in [5.41, 5.74) is 0.0729. The van der Waals surface area contributed by atoms with Crippen LogP contribution in [-0.2, 0) is 28.7 Å². The number of rotatable bonds is 3. The average molecular weight is 452 g/mol. The van der Waals surface area contributed by atoms with Crippen LogP contribution < -0.4 is 5.32 Å². The quantitative estimate of drug-likeness (QED) is 0.752. The van der Waals surface area contributed by atoms with Crippen molar-refractivity contribution in [3.63, 3.8) is 0 Å². The number of alkyl halides is 3. The lowest BCUT2D eigenvalue weighted by molar-refractivity contribution is -0.138. The summed E-state index contributed by atoms with van der Waals surface area (Å²) in [5.74, 6) is 0.276. The second-order valence-electron chi connectivity index (χ2n) is 10.2. The van der Waals surface area contributed by atoms with Gasteiger partial charge >= 0.3 is 6.18 Å². The summed E-state index contributed by atoms with van der Waals surface area (Å²) >= 11 is 0. The number of nitrogens with one attached hydrogen (secondary N) is 1. The predicted octanol–water partition coefficient (Wildman–Crippen LogP) is 4.09. The molecule has 5 nitrogen and oxygen atoms in total. The second-order valence-corrected chi connectivity index (χ2v) is 10.2. The number of hydrogen-bond acceptors (Lipinski definition) is 4. The molecule has 1 spiro atoms. The van der Waals surface area contributed by atoms with E-state index in [2.05, 4.69) is 17.2 Å². The third-order valence-electron chi connectivity index (χ3n) is 8.67. The molecule has 8 heteroatoms. The fraction of sp³-hybridized carbons (Fsp3) is 0.750. The summed E-state index contributed by atoms with van der Waals surface area (Å²) in [5, 5.41) is 3.80. The summed E-state index contributed by atoms with van der Waals surface area (Å²) in [6.45, 7) is 2.38. The third-order valence-corrected chi connectivity index (χ3v) is 8.67. The number of halogens is 3. The molecule has 1 amide bonds. The number of fused-ring (bicyclic) bond motifs is 2. The molecule has 5 rings (SSSR count). The van der Waals surface area contributed by atoms with Crippen LogP contribution in [0.15, 0.2) is 12.3 Å². The zero-order valence-corrected chi connectivity index (χ0v) is 18.8. The Labute approximate surface area is 187 Å². The molecule has 2 aliphatic heterocycles. The van der Waals surface area contributed by atoms with Crippen LogP contribution in [0, 0.1) is 11.3 Å². The molecule has 4 aliphatic rings. The number of carbonyl (C=O) groups is 1. The molecule has 2 aliphatic carbocycles. The first-order valence-corrected chi connectivity index (χ1v) is 11.9. The second kappa shape index (κ2) is 7.97. The van der Waals surface area contributed by atoms with Gasteiger partial charge < -0.3 is 15.0 Å². The molecule has 0 bridgehead atoms. The highest BCUT2D eigenvalue weighted by molar-refractivity contribution is 5.87. The van der Waals surface area contributed by atoms with E-state index in [0.717, 1.165) is 38.3 Å². The number of amides is 1. The van der Waals surface area contributed by atoms with Crippen molar-refractivity contribution >= 4 is 5.91 Å². The highest BCUT2D eigenvalue weighted by Gasteiger charge is 2.60. The molecule has 176 valence electrons. The fourth-order valence-corrected chi connectivity index (χ4v) is 6.84. The van der Waals surface area contributed by atoms with Gasteiger partial charge in [-0.15, -0.1) is 0 Å². The van der Waals surface area contributed by atoms with Crippen molar-refractivity contribution in [1.82, 2.24) is 15.2 Å². The van der Waals surface area contributed by atoms with Gasteiger partial charge in [0, 0.05) is 50.1 Å². The highest BCUT2D eigenvalue weighted by Crippen LogP contribution is 2.54. The van der Waals surface area contributed by atoms with Gasteiger partial charge in [0.05, 0.1) is 17.1 Å². The van der Waals surface area contributed by atoms with Gasteiger partial charge in [0.15, 0.2) is 0 Å². The van der Waals surface area contributed by atoms with E-state index in [1.165, 1.54) is 18.9 Å². The summed E-state index contributed by atoms with van der Waals surface area (Å²) < 4.78 is 45.2. The third kappa shape index (κ3) is 3.54. The summed E-state index contributed by atoms with van der Waals surface area (Å²) in [6, 6.07) is 1.80. The first-order valence-electron chi connectivity index (χ1n) is 11.9. The molecule has 1 N–H and O–H groups in total. The molecular weight excluding hydrogens is 419 g/mol. The van der Waals surface area contributed by atoms with E-state index in [9.17, 15) is 18.0 Å². The average Bonchev–Trinajstić information content (AvgIpc) is 3.28. The van der Waals surface area contributed by atoms with Crippen molar-refractivity contribution in [3.05, 3.63) is 29.1 Å². The summed E-state index contributed by atoms with van der Waals surface area (Å²) in [7, 11) is 1.78. The van der Waals surface area contributed by atoms with Gasteiger partial charge in [0.1, 0.15) is 0 Å².